The maximum Gasteiger partial charge on any atom is 0.153 e. The second-order valence-electron chi connectivity index (χ2n) is 4.32. The van der Waals surface area contributed by atoms with Gasteiger partial charge in [-0.2, -0.15) is 0 Å². The summed E-state index contributed by atoms with van der Waals surface area (Å²) in [6.45, 7) is 8.32. The molecule has 3 N–H and O–H groups in total. The zero-order chi connectivity index (χ0) is 12.8. The van der Waals surface area contributed by atoms with Crippen LogP contribution in [0.3, 0.4) is 0 Å². The van der Waals surface area contributed by atoms with Crippen LogP contribution in [0, 0.1) is 6.92 Å². The van der Waals surface area contributed by atoms with Crippen molar-refractivity contribution in [3.63, 3.8) is 0 Å². The molecule has 17 heavy (non-hydrogen) atoms. The Morgan fingerprint density at radius 1 is 1.65 bits per heavy atom. The number of nitrogens with two attached hydrogens (primary N) is 1. The molecule has 1 aromatic heterocycles. The molecular weight excluding hydrogens is 218 g/mol. The zero-order valence-electron chi connectivity index (χ0n) is 10.7. The minimum Gasteiger partial charge on any atom is -0.409 e. The van der Waals surface area contributed by atoms with E-state index in [1.165, 1.54) is 0 Å². The molecule has 6 heteroatoms. The Labute approximate surface area is 102 Å². The molecule has 0 radical (unpaired) electrons. The largest absolute Gasteiger partial charge is 0.409 e. The Balaban J connectivity index is 2.53. The van der Waals surface area contributed by atoms with E-state index in [2.05, 4.69) is 33.5 Å². The van der Waals surface area contributed by atoms with E-state index in [-0.39, 0.29) is 5.84 Å². The quantitative estimate of drug-likeness (QED) is 0.330. The lowest BCUT2D eigenvalue weighted by Crippen LogP contribution is -2.40. The molecule has 0 bridgehead atoms. The van der Waals surface area contributed by atoms with Crippen molar-refractivity contribution in [3.8, 4) is 0 Å². The highest BCUT2D eigenvalue weighted by molar-refractivity contribution is 5.81. The number of nitrogens with zero attached hydrogens (tertiary/aromatic N) is 4. The Kier molecular flexibility index (Phi) is 4.96. The van der Waals surface area contributed by atoms with Crippen LogP contribution in [-0.4, -0.2) is 44.6 Å². The maximum absolute atomic E-state index is 8.58. The monoisotopic (exact) mass is 239 g/mol. The first-order valence-electron chi connectivity index (χ1n) is 5.72. The predicted molar refractivity (Wildman–Crippen MR) is 67.1 cm³/mol. The Morgan fingerprint density at radius 3 is 2.82 bits per heavy atom. The number of oxime groups is 1. The summed E-state index contributed by atoms with van der Waals surface area (Å²) in [5.74, 6) is 1.23. The fourth-order valence-electron chi connectivity index (χ4n) is 1.64. The number of rotatable bonds is 6. The highest BCUT2D eigenvalue weighted by Crippen LogP contribution is 2.01. The van der Waals surface area contributed by atoms with Crippen LogP contribution in [0.1, 0.15) is 19.7 Å². The first-order valence-corrected chi connectivity index (χ1v) is 5.72. The summed E-state index contributed by atoms with van der Waals surface area (Å²) in [6.07, 6.45) is 3.75. The van der Waals surface area contributed by atoms with Crippen LogP contribution in [0.4, 0.5) is 0 Å². The van der Waals surface area contributed by atoms with Crippen LogP contribution in [0.15, 0.2) is 17.5 Å². The van der Waals surface area contributed by atoms with Crippen LogP contribution in [0.25, 0.3) is 0 Å². The number of imidazole rings is 1. The minimum absolute atomic E-state index is 0.237. The van der Waals surface area contributed by atoms with Gasteiger partial charge in [0.25, 0.3) is 0 Å². The van der Waals surface area contributed by atoms with Crippen LogP contribution >= 0.6 is 0 Å². The lowest BCUT2D eigenvalue weighted by atomic mass is 10.3. The van der Waals surface area contributed by atoms with Crippen molar-refractivity contribution in [1.29, 1.82) is 0 Å². The predicted octanol–water partition coefficient (Wildman–Crippen LogP) is 0.648. The van der Waals surface area contributed by atoms with Crippen LogP contribution in [0.5, 0.6) is 0 Å². The van der Waals surface area contributed by atoms with Crippen molar-refractivity contribution >= 4 is 5.84 Å². The molecule has 96 valence electrons. The molecule has 0 aliphatic rings. The molecule has 0 atom stereocenters. The molecule has 0 aliphatic heterocycles. The van der Waals surface area contributed by atoms with Gasteiger partial charge in [-0.15, -0.1) is 0 Å². The average molecular weight is 239 g/mol. The second kappa shape index (κ2) is 6.24. The van der Waals surface area contributed by atoms with Gasteiger partial charge in [-0.05, 0) is 20.8 Å². The first kappa shape index (κ1) is 13.5. The summed E-state index contributed by atoms with van der Waals surface area (Å²) in [5.41, 5.74) is 5.53. The highest BCUT2D eigenvalue weighted by Gasteiger charge is 2.11. The molecule has 6 nitrogen and oxygen atoms in total. The van der Waals surface area contributed by atoms with E-state index in [0.717, 1.165) is 18.9 Å². The normalized spacial score (nSPS) is 12.6. The third kappa shape index (κ3) is 4.07. The summed E-state index contributed by atoms with van der Waals surface area (Å²) in [5, 5.41) is 11.6. The zero-order valence-corrected chi connectivity index (χ0v) is 10.7. The first-order chi connectivity index (χ1) is 8.04. The van der Waals surface area contributed by atoms with E-state index in [0.29, 0.717) is 12.6 Å². The van der Waals surface area contributed by atoms with Gasteiger partial charge in [0.05, 0.1) is 6.54 Å². The lowest BCUT2D eigenvalue weighted by molar-refractivity contribution is 0.237. The third-order valence-corrected chi connectivity index (χ3v) is 2.78. The van der Waals surface area contributed by atoms with Crippen molar-refractivity contribution < 1.29 is 5.21 Å². The van der Waals surface area contributed by atoms with Gasteiger partial charge in [-0.3, -0.25) is 4.90 Å². The Morgan fingerprint density at radius 2 is 2.35 bits per heavy atom. The van der Waals surface area contributed by atoms with E-state index in [9.17, 15) is 0 Å². The van der Waals surface area contributed by atoms with Crippen molar-refractivity contribution in [2.24, 2.45) is 10.9 Å². The van der Waals surface area contributed by atoms with Crippen LogP contribution in [-0.2, 0) is 6.54 Å². The van der Waals surface area contributed by atoms with Crippen molar-refractivity contribution in [2.75, 3.05) is 13.1 Å². The van der Waals surface area contributed by atoms with Gasteiger partial charge in [0.2, 0.25) is 0 Å². The number of hydrogen-bond acceptors (Lipinski definition) is 4. The van der Waals surface area contributed by atoms with E-state index in [1.54, 1.807) is 6.20 Å². The molecule has 0 aromatic carbocycles. The van der Waals surface area contributed by atoms with Gasteiger partial charge >= 0.3 is 0 Å². The van der Waals surface area contributed by atoms with Gasteiger partial charge in [0.1, 0.15) is 5.82 Å². The molecule has 0 fully saturated rings. The standard InChI is InChI=1S/C11H21N5O/c1-9(2)16(8-11(12)14-17)7-6-15-5-4-13-10(15)3/h4-5,9,17H,6-8H2,1-3H3,(H2,12,14). The molecular formula is C11H21N5O. The van der Waals surface area contributed by atoms with Gasteiger partial charge < -0.3 is 15.5 Å². The molecule has 1 heterocycles. The Bertz CT molecular complexity index is 372. The SMILES string of the molecule is Cc1nccn1CCN(CC(N)=NO)C(C)C. The number of aromatic nitrogens is 2. The minimum atomic E-state index is 0.237. The molecule has 0 spiro atoms. The third-order valence-electron chi connectivity index (χ3n) is 2.78. The van der Waals surface area contributed by atoms with Gasteiger partial charge in [-0.25, -0.2) is 4.98 Å². The molecule has 0 unspecified atom stereocenters. The maximum atomic E-state index is 8.58. The summed E-state index contributed by atoms with van der Waals surface area (Å²) < 4.78 is 2.08. The summed E-state index contributed by atoms with van der Waals surface area (Å²) in [6, 6.07) is 0.346. The van der Waals surface area contributed by atoms with Crippen LogP contribution in [0.2, 0.25) is 0 Å². The van der Waals surface area contributed by atoms with Gasteiger partial charge in [0.15, 0.2) is 5.84 Å². The summed E-state index contributed by atoms with van der Waals surface area (Å²) in [7, 11) is 0. The van der Waals surface area contributed by atoms with Crippen molar-refractivity contribution in [3.05, 3.63) is 18.2 Å². The fraction of sp³-hybridized carbons (Fsp3) is 0.636. The summed E-state index contributed by atoms with van der Waals surface area (Å²) >= 11 is 0. The van der Waals surface area contributed by atoms with Crippen LogP contribution < -0.4 is 5.73 Å². The van der Waals surface area contributed by atoms with Crippen molar-refractivity contribution in [2.45, 2.75) is 33.4 Å². The number of aryl methyl sites for hydroxylation is 1. The molecule has 0 saturated carbocycles. The number of amidine groups is 1. The van der Waals surface area contributed by atoms with E-state index in [4.69, 9.17) is 10.9 Å². The molecule has 0 saturated heterocycles. The molecule has 1 aromatic rings. The lowest BCUT2D eigenvalue weighted by Gasteiger charge is -2.25. The van der Waals surface area contributed by atoms with E-state index in [1.807, 2.05) is 13.1 Å². The van der Waals surface area contributed by atoms with Crippen molar-refractivity contribution in [1.82, 2.24) is 14.5 Å². The second-order valence-corrected chi connectivity index (χ2v) is 4.32. The van der Waals surface area contributed by atoms with Gasteiger partial charge in [0, 0.05) is 31.5 Å². The smallest absolute Gasteiger partial charge is 0.153 e. The van der Waals surface area contributed by atoms with E-state index >= 15 is 0 Å². The Hall–Kier alpha value is -1.56. The number of hydrogen-bond donors (Lipinski definition) is 2. The summed E-state index contributed by atoms with van der Waals surface area (Å²) in [4.78, 5) is 6.32. The van der Waals surface area contributed by atoms with Gasteiger partial charge in [-0.1, -0.05) is 5.16 Å². The topological polar surface area (TPSA) is 79.7 Å². The average Bonchev–Trinajstić information content (AvgIpc) is 2.69. The molecule has 1 rings (SSSR count). The van der Waals surface area contributed by atoms with E-state index < -0.39 is 0 Å². The molecule has 0 aliphatic carbocycles. The highest BCUT2D eigenvalue weighted by atomic mass is 16.4. The fourth-order valence-corrected chi connectivity index (χ4v) is 1.64. The molecule has 0 amide bonds.